The van der Waals surface area contributed by atoms with Crippen LogP contribution in [0.15, 0.2) is 41.1 Å². The second kappa shape index (κ2) is 8.41. The molecule has 0 aliphatic carbocycles. The largest absolute Gasteiger partial charge is 0.481 e. The van der Waals surface area contributed by atoms with E-state index in [1.807, 2.05) is 18.2 Å². The molecule has 1 unspecified atom stereocenters. The molecule has 0 spiro atoms. The van der Waals surface area contributed by atoms with Crippen LogP contribution in [-0.4, -0.2) is 36.5 Å². The van der Waals surface area contributed by atoms with Crippen LogP contribution in [0, 0.1) is 0 Å². The minimum Gasteiger partial charge on any atom is -0.481 e. The zero-order valence-electron chi connectivity index (χ0n) is 12.0. The molecule has 1 atom stereocenters. The number of aliphatic hydroxyl groups excluding tert-OH is 1. The molecule has 0 saturated carbocycles. The fraction of sp³-hybridized carbons (Fsp3) is 0.400. The lowest BCUT2D eigenvalue weighted by molar-refractivity contribution is 0.0225. The molecule has 2 rings (SSSR count). The van der Waals surface area contributed by atoms with E-state index in [1.165, 1.54) is 0 Å². The first-order chi connectivity index (χ1) is 10.3. The van der Waals surface area contributed by atoms with E-state index in [0.29, 0.717) is 25.6 Å². The zero-order chi connectivity index (χ0) is 14.9. The normalized spacial score (nSPS) is 12.3. The summed E-state index contributed by atoms with van der Waals surface area (Å²) < 4.78 is 15.6. The lowest BCUT2D eigenvalue weighted by Gasteiger charge is -2.12. The first-order valence-electron chi connectivity index (χ1n) is 6.75. The molecule has 0 radical (unpaired) electrons. The zero-order valence-corrected chi connectivity index (χ0v) is 12.0. The van der Waals surface area contributed by atoms with Gasteiger partial charge in [0, 0.05) is 25.4 Å². The molecule has 6 nitrogen and oxygen atoms in total. The van der Waals surface area contributed by atoms with Crippen molar-refractivity contribution in [2.24, 2.45) is 0 Å². The highest BCUT2D eigenvalue weighted by atomic mass is 16.5. The average Bonchev–Trinajstić information content (AvgIpc) is 3.01. The van der Waals surface area contributed by atoms with Crippen molar-refractivity contribution in [1.29, 1.82) is 0 Å². The maximum atomic E-state index is 9.80. The SMILES string of the molecule is COc1cc(CNCC(O)COCc2ccco2)ccn1. The van der Waals surface area contributed by atoms with E-state index in [9.17, 15) is 5.11 Å². The van der Waals surface area contributed by atoms with E-state index in [1.54, 1.807) is 25.6 Å². The summed E-state index contributed by atoms with van der Waals surface area (Å²) in [6, 6.07) is 7.39. The van der Waals surface area contributed by atoms with Gasteiger partial charge in [-0.1, -0.05) is 0 Å². The van der Waals surface area contributed by atoms with Crippen LogP contribution in [0.2, 0.25) is 0 Å². The third-order valence-electron chi connectivity index (χ3n) is 2.85. The second-order valence-corrected chi connectivity index (χ2v) is 4.59. The van der Waals surface area contributed by atoms with Crippen LogP contribution >= 0.6 is 0 Å². The third kappa shape index (κ3) is 5.55. The van der Waals surface area contributed by atoms with Gasteiger partial charge < -0.3 is 24.3 Å². The van der Waals surface area contributed by atoms with Crippen LogP contribution < -0.4 is 10.1 Å². The maximum absolute atomic E-state index is 9.80. The van der Waals surface area contributed by atoms with Crippen LogP contribution in [0.1, 0.15) is 11.3 Å². The Balaban J connectivity index is 1.61. The molecular weight excluding hydrogens is 272 g/mol. The molecule has 6 heteroatoms. The van der Waals surface area contributed by atoms with Crippen molar-refractivity contribution in [3.8, 4) is 5.88 Å². The quantitative estimate of drug-likeness (QED) is 0.726. The predicted octanol–water partition coefficient (Wildman–Crippen LogP) is 1.35. The summed E-state index contributed by atoms with van der Waals surface area (Å²) in [6.45, 7) is 1.70. The fourth-order valence-electron chi connectivity index (χ4n) is 1.80. The van der Waals surface area contributed by atoms with Gasteiger partial charge >= 0.3 is 0 Å². The van der Waals surface area contributed by atoms with Gasteiger partial charge in [-0.2, -0.15) is 0 Å². The van der Waals surface area contributed by atoms with Crippen LogP contribution in [0.5, 0.6) is 5.88 Å². The number of ether oxygens (including phenoxy) is 2. The van der Waals surface area contributed by atoms with E-state index >= 15 is 0 Å². The number of nitrogens with one attached hydrogen (secondary N) is 1. The van der Waals surface area contributed by atoms with Crippen molar-refractivity contribution in [2.45, 2.75) is 19.3 Å². The summed E-state index contributed by atoms with van der Waals surface area (Å²) in [7, 11) is 1.58. The number of aromatic nitrogens is 1. The van der Waals surface area contributed by atoms with Gasteiger partial charge in [0.1, 0.15) is 12.4 Å². The van der Waals surface area contributed by atoms with E-state index in [-0.39, 0.29) is 6.61 Å². The van der Waals surface area contributed by atoms with Gasteiger partial charge in [-0.15, -0.1) is 0 Å². The Hall–Kier alpha value is -1.89. The lowest BCUT2D eigenvalue weighted by atomic mass is 10.2. The average molecular weight is 292 g/mol. The molecule has 0 saturated heterocycles. The maximum Gasteiger partial charge on any atom is 0.213 e. The highest BCUT2D eigenvalue weighted by molar-refractivity contribution is 5.20. The molecule has 21 heavy (non-hydrogen) atoms. The molecule has 0 aliphatic rings. The van der Waals surface area contributed by atoms with Crippen molar-refractivity contribution < 1.29 is 19.0 Å². The van der Waals surface area contributed by atoms with Gasteiger partial charge in [0.05, 0.1) is 26.1 Å². The summed E-state index contributed by atoms with van der Waals surface area (Å²) in [5, 5.41) is 13.0. The van der Waals surface area contributed by atoms with E-state index < -0.39 is 6.10 Å². The number of hydrogen-bond acceptors (Lipinski definition) is 6. The summed E-state index contributed by atoms with van der Waals surface area (Å²) in [5.74, 6) is 1.33. The molecular formula is C15H20N2O4. The molecule has 0 amide bonds. The number of nitrogens with zero attached hydrogens (tertiary/aromatic N) is 1. The number of methoxy groups -OCH3 is 1. The van der Waals surface area contributed by atoms with Crippen LogP contribution in [0.3, 0.4) is 0 Å². The van der Waals surface area contributed by atoms with Gasteiger partial charge in [-0.25, -0.2) is 4.98 Å². The highest BCUT2D eigenvalue weighted by Gasteiger charge is 2.05. The number of pyridine rings is 1. The van der Waals surface area contributed by atoms with Crippen LogP contribution in [-0.2, 0) is 17.9 Å². The monoisotopic (exact) mass is 292 g/mol. The van der Waals surface area contributed by atoms with Crippen molar-refractivity contribution in [2.75, 3.05) is 20.3 Å². The number of rotatable bonds is 9. The third-order valence-corrected chi connectivity index (χ3v) is 2.85. The van der Waals surface area contributed by atoms with Gasteiger partial charge in [-0.05, 0) is 23.8 Å². The Bertz CT molecular complexity index is 516. The van der Waals surface area contributed by atoms with Gasteiger partial charge in [0.2, 0.25) is 5.88 Å². The van der Waals surface area contributed by atoms with Gasteiger partial charge in [0.15, 0.2) is 0 Å². The van der Waals surface area contributed by atoms with Crippen molar-refractivity contribution in [1.82, 2.24) is 10.3 Å². The Morgan fingerprint density at radius 3 is 3.10 bits per heavy atom. The van der Waals surface area contributed by atoms with Gasteiger partial charge in [0.25, 0.3) is 0 Å². The van der Waals surface area contributed by atoms with Crippen LogP contribution in [0.4, 0.5) is 0 Å². The first kappa shape index (κ1) is 15.5. The molecule has 114 valence electrons. The second-order valence-electron chi connectivity index (χ2n) is 4.59. The Morgan fingerprint density at radius 2 is 2.33 bits per heavy atom. The van der Waals surface area contributed by atoms with Crippen molar-refractivity contribution in [3.05, 3.63) is 48.0 Å². The Kier molecular flexibility index (Phi) is 6.21. The predicted molar refractivity (Wildman–Crippen MR) is 76.9 cm³/mol. The molecule has 0 fully saturated rings. The lowest BCUT2D eigenvalue weighted by Crippen LogP contribution is -2.30. The van der Waals surface area contributed by atoms with Gasteiger partial charge in [-0.3, -0.25) is 0 Å². The topological polar surface area (TPSA) is 76.8 Å². The summed E-state index contributed by atoms with van der Waals surface area (Å²) >= 11 is 0. The molecule has 2 aromatic heterocycles. The minimum atomic E-state index is -0.566. The number of aliphatic hydroxyl groups is 1. The van der Waals surface area contributed by atoms with Crippen molar-refractivity contribution in [3.63, 3.8) is 0 Å². The first-order valence-corrected chi connectivity index (χ1v) is 6.75. The molecule has 0 aromatic carbocycles. The fourth-order valence-corrected chi connectivity index (χ4v) is 1.80. The van der Waals surface area contributed by atoms with E-state index in [4.69, 9.17) is 13.9 Å². The number of furan rings is 1. The molecule has 2 heterocycles. The summed E-state index contributed by atoms with van der Waals surface area (Å²) in [6.07, 6.45) is 2.72. The molecule has 0 aliphatic heterocycles. The van der Waals surface area contributed by atoms with E-state index in [2.05, 4.69) is 10.3 Å². The molecule has 2 aromatic rings. The summed E-state index contributed by atoms with van der Waals surface area (Å²) in [5.41, 5.74) is 1.05. The smallest absolute Gasteiger partial charge is 0.213 e. The van der Waals surface area contributed by atoms with E-state index in [0.717, 1.165) is 11.3 Å². The minimum absolute atomic E-state index is 0.257. The summed E-state index contributed by atoms with van der Waals surface area (Å²) in [4.78, 5) is 4.04. The standard InChI is InChI=1S/C15H20N2O4/c1-19-15-7-12(4-5-17-15)8-16-9-13(18)10-20-11-14-3-2-6-21-14/h2-7,13,16,18H,8-11H2,1H3. The molecule has 0 bridgehead atoms. The number of hydrogen-bond donors (Lipinski definition) is 2. The van der Waals surface area contributed by atoms with Crippen molar-refractivity contribution >= 4 is 0 Å². The molecule has 2 N–H and O–H groups in total. The Morgan fingerprint density at radius 1 is 1.43 bits per heavy atom. The Labute approximate surface area is 123 Å². The van der Waals surface area contributed by atoms with Crippen LogP contribution in [0.25, 0.3) is 0 Å². The highest BCUT2D eigenvalue weighted by Crippen LogP contribution is 2.08.